The minimum atomic E-state index is -4.43. The van der Waals surface area contributed by atoms with Crippen LogP contribution in [0.3, 0.4) is 0 Å². The van der Waals surface area contributed by atoms with Crippen molar-refractivity contribution in [2.45, 2.75) is 25.9 Å². The van der Waals surface area contributed by atoms with Gasteiger partial charge in [0, 0.05) is 11.1 Å². The molecule has 4 nitrogen and oxygen atoms in total. The minimum absolute atomic E-state index is 0.239. The maximum absolute atomic E-state index is 12.8. The second kappa shape index (κ2) is 8.47. The van der Waals surface area contributed by atoms with Crippen LogP contribution in [0.1, 0.15) is 35.0 Å². The van der Waals surface area contributed by atoms with Gasteiger partial charge in [-0.3, -0.25) is 9.89 Å². The molecule has 0 atom stereocenters. The van der Waals surface area contributed by atoms with Gasteiger partial charge in [0.1, 0.15) is 5.69 Å². The van der Waals surface area contributed by atoms with Gasteiger partial charge in [-0.25, -0.2) is 0 Å². The summed E-state index contributed by atoms with van der Waals surface area (Å²) in [4.78, 5) is 12.7. The molecule has 0 aliphatic rings. The Morgan fingerprint density at radius 1 is 1.10 bits per heavy atom. The van der Waals surface area contributed by atoms with Crippen LogP contribution in [-0.4, -0.2) is 16.1 Å². The zero-order valence-electron chi connectivity index (χ0n) is 15.2. The Bertz CT molecular complexity index is 1030. The van der Waals surface area contributed by atoms with E-state index in [1.807, 2.05) is 6.92 Å². The van der Waals surface area contributed by atoms with Crippen LogP contribution in [0, 0.1) is 0 Å². The number of H-pyrrole nitrogens is 1. The summed E-state index contributed by atoms with van der Waals surface area (Å²) in [5, 5.41) is 10.4. The molecule has 3 rings (SSSR count). The second-order valence-electron chi connectivity index (χ2n) is 6.33. The molecule has 0 radical (unpaired) electrons. The van der Waals surface area contributed by atoms with Gasteiger partial charge in [0.25, 0.3) is 5.91 Å². The molecule has 0 aliphatic carbocycles. The first-order valence-corrected chi connectivity index (χ1v) is 9.47. The Kier molecular flexibility index (Phi) is 6.19. The Morgan fingerprint density at radius 2 is 1.79 bits per heavy atom. The molecule has 0 saturated heterocycles. The van der Waals surface area contributed by atoms with Crippen LogP contribution in [-0.2, 0) is 12.6 Å². The van der Waals surface area contributed by atoms with Crippen LogP contribution < -0.4 is 5.32 Å². The predicted octanol–water partition coefficient (Wildman–Crippen LogP) is 6.61. The van der Waals surface area contributed by atoms with Gasteiger partial charge >= 0.3 is 6.18 Å². The zero-order chi connectivity index (χ0) is 21.2. The highest BCUT2D eigenvalue weighted by Gasteiger charge is 2.30. The molecule has 29 heavy (non-hydrogen) atoms. The molecule has 0 unspecified atom stereocenters. The lowest BCUT2D eigenvalue weighted by molar-refractivity contribution is -0.137. The van der Waals surface area contributed by atoms with Gasteiger partial charge < -0.3 is 5.32 Å². The Morgan fingerprint density at radius 3 is 2.38 bits per heavy atom. The first kappa shape index (κ1) is 21.2. The van der Waals surface area contributed by atoms with Crippen LogP contribution >= 0.6 is 23.2 Å². The summed E-state index contributed by atoms with van der Waals surface area (Å²) in [5.41, 5.74) is 1.43. The first-order chi connectivity index (χ1) is 13.7. The van der Waals surface area contributed by atoms with Crippen molar-refractivity contribution in [3.63, 3.8) is 0 Å². The zero-order valence-corrected chi connectivity index (χ0v) is 16.7. The first-order valence-electron chi connectivity index (χ1n) is 8.72. The van der Waals surface area contributed by atoms with Crippen LogP contribution in [0.2, 0.25) is 10.0 Å². The third kappa shape index (κ3) is 4.74. The average molecular weight is 442 g/mol. The summed E-state index contributed by atoms with van der Waals surface area (Å²) >= 11 is 11.9. The highest BCUT2D eigenvalue weighted by atomic mass is 35.5. The van der Waals surface area contributed by atoms with Gasteiger partial charge in [-0.15, -0.1) is 0 Å². The van der Waals surface area contributed by atoms with E-state index in [9.17, 15) is 18.0 Å². The van der Waals surface area contributed by atoms with E-state index in [1.165, 1.54) is 30.3 Å². The molecule has 0 aliphatic heterocycles. The number of nitrogens with zero attached hydrogens (tertiary/aromatic N) is 1. The molecule has 2 aromatic carbocycles. The van der Waals surface area contributed by atoms with E-state index in [0.717, 1.165) is 18.6 Å². The molecule has 152 valence electrons. The van der Waals surface area contributed by atoms with Gasteiger partial charge in [-0.05, 0) is 36.8 Å². The fraction of sp³-hybridized carbons (Fsp3) is 0.200. The monoisotopic (exact) mass is 441 g/mol. The number of amides is 1. The maximum Gasteiger partial charge on any atom is 0.416 e. The molecule has 3 aromatic rings. The van der Waals surface area contributed by atoms with Crippen molar-refractivity contribution < 1.29 is 18.0 Å². The summed E-state index contributed by atoms with van der Waals surface area (Å²) in [7, 11) is 0. The third-order valence-corrected chi connectivity index (χ3v) is 4.99. The number of benzene rings is 2. The molecule has 0 saturated carbocycles. The molecule has 0 fully saturated rings. The number of carbonyl (C=O) groups excluding carboxylic acids is 1. The number of halogens is 5. The molecule has 0 spiro atoms. The van der Waals surface area contributed by atoms with Crippen molar-refractivity contribution in [1.29, 1.82) is 0 Å². The van der Waals surface area contributed by atoms with E-state index in [1.54, 1.807) is 0 Å². The minimum Gasteiger partial charge on any atom is -0.319 e. The molecule has 0 bridgehead atoms. The Hall–Kier alpha value is -2.51. The number of anilines is 1. The van der Waals surface area contributed by atoms with E-state index in [2.05, 4.69) is 15.5 Å². The number of aryl methyl sites for hydroxylation is 1. The van der Waals surface area contributed by atoms with Crippen molar-refractivity contribution in [1.82, 2.24) is 10.2 Å². The molecular weight excluding hydrogens is 426 g/mol. The van der Waals surface area contributed by atoms with Crippen molar-refractivity contribution in [3.8, 4) is 11.3 Å². The maximum atomic E-state index is 12.8. The molecular formula is C20H16Cl2F3N3O. The van der Waals surface area contributed by atoms with Crippen molar-refractivity contribution in [3.05, 3.63) is 69.3 Å². The molecule has 1 heterocycles. The number of rotatable bonds is 5. The standard InChI is InChI=1S/C20H16Cl2F3N3O/c1-2-3-16-18(26-19(29)12-6-9-14(21)15(22)10-12)17(28-27-16)11-4-7-13(8-5-11)20(23,24)25/h4-10H,2-3H2,1H3,(H,26,29)(H,27,28). The van der Waals surface area contributed by atoms with Gasteiger partial charge in [0.15, 0.2) is 0 Å². The molecule has 9 heteroatoms. The normalized spacial score (nSPS) is 11.5. The largest absolute Gasteiger partial charge is 0.416 e. The molecule has 1 aromatic heterocycles. The van der Waals surface area contributed by atoms with E-state index < -0.39 is 17.6 Å². The summed E-state index contributed by atoms with van der Waals surface area (Å²) in [6, 6.07) is 9.09. The number of aromatic nitrogens is 2. The number of carbonyl (C=O) groups is 1. The highest BCUT2D eigenvalue weighted by molar-refractivity contribution is 6.42. The van der Waals surface area contributed by atoms with Gasteiger partial charge in [0.2, 0.25) is 0 Å². The second-order valence-corrected chi connectivity index (χ2v) is 7.15. The van der Waals surface area contributed by atoms with E-state index in [0.29, 0.717) is 39.6 Å². The van der Waals surface area contributed by atoms with Gasteiger partial charge in [-0.2, -0.15) is 18.3 Å². The lowest BCUT2D eigenvalue weighted by Gasteiger charge is -2.10. The number of aromatic amines is 1. The van der Waals surface area contributed by atoms with E-state index in [-0.39, 0.29) is 5.02 Å². The quantitative estimate of drug-likeness (QED) is 0.467. The summed E-state index contributed by atoms with van der Waals surface area (Å²) in [6.45, 7) is 1.96. The number of hydrogen-bond donors (Lipinski definition) is 2. The van der Waals surface area contributed by atoms with Crippen molar-refractivity contribution in [2.75, 3.05) is 5.32 Å². The lowest BCUT2D eigenvalue weighted by Crippen LogP contribution is -2.13. The number of hydrogen-bond acceptors (Lipinski definition) is 2. The fourth-order valence-corrected chi connectivity index (χ4v) is 3.09. The van der Waals surface area contributed by atoms with Crippen LogP contribution in [0.25, 0.3) is 11.3 Å². The van der Waals surface area contributed by atoms with E-state index >= 15 is 0 Å². The van der Waals surface area contributed by atoms with Crippen LogP contribution in [0.4, 0.5) is 18.9 Å². The van der Waals surface area contributed by atoms with Gasteiger partial charge in [0.05, 0.1) is 27.0 Å². The van der Waals surface area contributed by atoms with Gasteiger partial charge in [-0.1, -0.05) is 48.7 Å². The SMILES string of the molecule is CCCc1[nH]nc(-c2ccc(C(F)(F)F)cc2)c1NC(=O)c1ccc(Cl)c(Cl)c1. The van der Waals surface area contributed by atoms with Crippen LogP contribution in [0.15, 0.2) is 42.5 Å². The predicted molar refractivity (Wildman–Crippen MR) is 107 cm³/mol. The van der Waals surface area contributed by atoms with Crippen LogP contribution in [0.5, 0.6) is 0 Å². The highest BCUT2D eigenvalue weighted by Crippen LogP contribution is 2.34. The van der Waals surface area contributed by atoms with Crippen molar-refractivity contribution >= 4 is 34.8 Å². The Labute approximate surface area is 175 Å². The molecule has 1 amide bonds. The lowest BCUT2D eigenvalue weighted by atomic mass is 10.1. The fourth-order valence-electron chi connectivity index (χ4n) is 2.79. The topological polar surface area (TPSA) is 57.8 Å². The smallest absolute Gasteiger partial charge is 0.319 e. The Balaban J connectivity index is 1.96. The average Bonchev–Trinajstić information content (AvgIpc) is 3.06. The molecule has 2 N–H and O–H groups in total. The number of alkyl halides is 3. The van der Waals surface area contributed by atoms with Crippen molar-refractivity contribution in [2.24, 2.45) is 0 Å². The van der Waals surface area contributed by atoms with E-state index in [4.69, 9.17) is 23.2 Å². The summed E-state index contributed by atoms with van der Waals surface area (Å²) < 4.78 is 38.5. The number of nitrogens with one attached hydrogen (secondary N) is 2. The summed E-state index contributed by atoms with van der Waals surface area (Å²) in [5.74, 6) is -0.435. The third-order valence-electron chi connectivity index (χ3n) is 4.25. The summed E-state index contributed by atoms with van der Waals surface area (Å²) in [6.07, 6.45) is -3.04.